The molecule has 0 aliphatic rings. The van der Waals surface area contributed by atoms with Gasteiger partial charge in [0, 0.05) is 0 Å². The molecular weight excluding hydrogens is 244 g/mol. The highest BCUT2D eigenvalue weighted by Gasteiger charge is 2.10. The summed E-state index contributed by atoms with van der Waals surface area (Å²) in [6.07, 6.45) is 0. The van der Waals surface area contributed by atoms with Crippen molar-refractivity contribution >= 4 is 29.2 Å². The van der Waals surface area contributed by atoms with Gasteiger partial charge < -0.3 is 15.3 Å². The molecule has 1 aromatic carbocycles. The van der Waals surface area contributed by atoms with Gasteiger partial charge in [0.2, 0.25) is 5.91 Å². The van der Waals surface area contributed by atoms with E-state index in [2.05, 4.69) is 5.32 Å². The first-order valence-corrected chi connectivity index (χ1v) is 5.25. The van der Waals surface area contributed by atoms with Crippen molar-refractivity contribution in [2.24, 2.45) is 0 Å². The largest absolute Gasteiger partial charge is 0.478 e. The van der Waals surface area contributed by atoms with Gasteiger partial charge in [-0.3, -0.25) is 4.79 Å². The molecule has 0 unspecified atom stereocenters. The van der Waals surface area contributed by atoms with Crippen LogP contribution in [0.5, 0.6) is 0 Å². The molecule has 5 nitrogen and oxygen atoms in total. The van der Waals surface area contributed by atoms with Crippen LogP contribution in [0.2, 0.25) is 5.02 Å². The molecular formula is C11H13ClN2O3. The number of halogens is 1. The highest BCUT2D eigenvalue weighted by Crippen LogP contribution is 2.23. The fraction of sp³-hybridized carbons (Fsp3) is 0.273. The molecule has 92 valence electrons. The monoisotopic (exact) mass is 256 g/mol. The van der Waals surface area contributed by atoms with Crippen LogP contribution in [0.4, 0.5) is 5.69 Å². The molecule has 0 aliphatic heterocycles. The molecule has 17 heavy (non-hydrogen) atoms. The van der Waals surface area contributed by atoms with E-state index in [1.54, 1.807) is 19.0 Å². The average molecular weight is 257 g/mol. The van der Waals surface area contributed by atoms with E-state index < -0.39 is 5.97 Å². The number of hydrogen-bond donors (Lipinski definition) is 2. The van der Waals surface area contributed by atoms with Gasteiger partial charge in [0.1, 0.15) is 0 Å². The lowest BCUT2D eigenvalue weighted by Crippen LogP contribution is -2.27. The van der Waals surface area contributed by atoms with Crippen molar-refractivity contribution in [2.45, 2.75) is 0 Å². The zero-order chi connectivity index (χ0) is 13.0. The topological polar surface area (TPSA) is 69.6 Å². The summed E-state index contributed by atoms with van der Waals surface area (Å²) in [7, 11) is 3.52. The number of likely N-dealkylation sites (N-methyl/N-ethyl adjacent to an activating group) is 1. The molecule has 0 spiro atoms. The molecule has 0 radical (unpaired) electrons. The van der Waals surface area contributed by atoms with Gasteiger partial charge in [-0.05, 0) is 32.3 Å². The minimum absolute atomic E-state index is 0.0783. The van der Waals surface area contributed by atoms with Crippen LogP contribution in [0.15, 0.2) is 18.2 Å². The van der Waals surface area contributed by atoms with Gasteiger partial charge >= 0.3 is 5.97 Å². The Bertz CT molecular complexity index is 446. The number of carbonyl (C=O) groups excluding carboxylic acids is 1. The van der Waals surface area contributed by atoms with Crippen molar-refractivity contribution in [3.63, 3.8) is 0 Å². The lowest BCUT2D eigenvalue weighted by atomic mass is 10.2. The Labute approximate surface area is 104 Å². The van der Waals surface area contributed by atoms with Gasteiger partial charge in [0.05, 0.1) is 22.8 Å². The maximum absolute atomic E-state index is 11.5. The second-order valence-electron chi connectivity index (χ2n) is 3.79. The van der Waals surface area contributed by atoms with Gasteiger partial charge in [-0.15, -0.1) is 0 Å². The number of benzene rings is 1. The third kappa shape index (κ3) is 4.05. The molecule has 0 saturated heterocycles. The smallest absolute Gasteiger partial charge is 0.335 e. The normalized spacial score (nSPS) is 10.4. The SMILES string of the molecule is CN(C)CC(=O)Nc1cc(C(=O)O)ccc1Cl. The number of hydrogen-bond acceptors (Lipinski definition) is 3. The lowest BCUT2D eigenvalue weighted by Gasteiger charge is -2.11. The van der Waals surface area contributed by atoms with Crippen LogP contribution < -0.4 is 5.32 Å². The number of carbonyl (C=O) groups is 2. The van der Waals surface area contributed by atoms with Gasteiger partial charge in [0.15, 0.2) is 0 Å². The van der Waals surface area contributed by atoms with E-state index >= 15 is 0 Å². The molecule has 1 rings (SSSR count). The number of carboxylic acids is 1. The van der Waals surface area contributed by atoms with Crippen molar-refractivity contribution in [1.29, 1.82) is 0 Å². The number of nitrogens with one attached hydrogen (secondary N) is 1. The number of amides is 1. The van der Waals surface area contributed by atoms with Crippen molar-refractivity contribution in [1.82, 2.24) is 4.90 Å². The Morgan fingerprint density at radius 2 is 2.06 bits per heavy atom. The zero-order valence-corrected chi connectivity index (χ0v) is 10.3. The van der Waals surface area contributed by atoms with Gasteiger partial charge in [-0.1, -0.05) is 11.6 Å². The van der Waals surface area contributed by atoms with Crippen molar-refractivity contribution in [2.75, 3.05) is 26.0 Å². The van der Waals surface area contributed by atoms with Gasteiger partial charge in [-0.25, -0.2) is 4.79 Å². The second-order valence-corrected chi connectivity index (χ2v) is 4.19. The highest BCUT2D eigenvalue weighted by atomic mass is 35.5. The number of nitrogens with zero attached hydrogens (tertiary/aromatic N) is 1. The van der Waals surface area contributed by atoms with Crippen LogP contribution >= 0.6 is 11.6 Å². The van der Waals surface area contributed by atoms with Crippen molar-refractivity contribution in [3.05, 3.63) is 28.8 Å². The predicted octanol–water partition coefficient (Wildman–Crippen LogP) is 1.54. The number of carboxylic acid groups (broad SMARTS) is 1. The highest BCUT2D eigenvalue weighted by molar-refractivity contribution is 6.33. The van der Waals surface area contributed by atoms with E-state index in [1.165, 1.54) is 18.2 Å². The van der Waals surface area contributed by atoms with Gasteiger partial charge in [-0.2, -0.15) is 0 Å². The molecule has 0 fully saturated rings. The summed E-state index contributed by atoms with van der Waals surface area (Å²) in [4.78, 5) is 24.0. The third-order valence-electron chi connectivity index (χ3n) is 1.95. The Balaban J connectivity index is 2.86. The first-order valence-electron chi connectivity index (χ1n) is 4.87. The van der Waals surface area contributed by atoms with Crippen LogP contribution in [0.3, 0.4) is 0 Å². The molecule has 6 heteroatoms. The Hall–Kier alpha value is -1.59. The van der Waals surface area contributed by atoms with Crippen molar-refractivity contribution < 1.29 is 14.7 Å². The van der Waals surface area contributed by atoms with Crippen LogP contribution in [-0.4, -0.2) is 42.5 Å². The Morgan fingerprint density at radius 1 is 1.41 bits per heavy atom. The summed E-state index contributed by atoms with van der Waals surface area (Å²) in [5.74, 6) is -1.32. The summed E-state index contributed by atoms with van der Waals surface area (Å²) in [6, 6.07) is 4.15. The van der Waals surface area contributed by atoms with Crippen LogP contribution in [-0.2, 0) is 4.79 Å². The molecule has 0 atom stereocenters. The maximum Gasteiger partial charge on any atom is 0.335 e. The van der Waals surface area contributed by atoms with E-state index in [0.717, 1.165) is 0 Å². The summed E-state index contributed by atoms with van der Waals surface area (Å²) >= 11 is 5.86. The summed E-state index contributed by atoms with van der Waals surface area (Å²) in [5.41, 5.74) is 0.382. The molecule has 0 aliphatic carbocycles. The molecule has 0 saturated carbocycles. The molecule has 0 bridgehead atoms. The fourth-order valence-corrected chi connectivity index (χ4v) is 1.40. The van der Waals surface area contributed by atoms with E-state index in [9.17, 15) is 9.59 Å². The van der Waals surface area contributed by atoms with Gasteiger partial charge in [0.25, 0.3) is 0 Å². The average Bonchev–Trinajstić information content (AvgIpc) is 2.19. The minimum atomic E-state index is -1.07. The molecule has 0 aromatic heterocycles. The van der Waals surface area contributed by atoms with E-state index in [0.29, 0.717) is 10.7 Å². The molecule has 2 N–H and O–H groups in total. The van der Waals surface area contributed by atoms with Crippen LogP contribution in [0.25, 0.3) is 0 Å². The predicted molar refractivity (Wildman–Crippen MR) is 65.6 cm³/mol. The van der Waals surface area contributed by atoms with Crippen LogP contribution in [0.1, 0.15) is 10.4 Å². The molecule has 1 amide bonds. The molecule has 0 heterocycles. The summed E-state index contributed by atoms with van der Waals surface area (Å²) in [6.45, 7) is 0.202. The summed E-state index contributed by atoms with van der Waals surface area (Å²) in [5, 5.41) is 11.7. The second kappa shape index (κ2) is 5.65. The lowest BCUT2D eigenvalue weighted by molar-refractivity contribution is -0.116. The number of aromatic carboxylic acids is 1. The quantitative estimate of drug-likeness (QED) is 0.857. The fourth-order valence-electron chi connectivity index (χ4n) is 1.23. The Kier molecular flexibility index (Phi) is 4.48. The zero-order valence-electron chi connectivity index (χ0n) is 9.53. The third-order valence-corrected chi connectivity index (χ3v) is 2.28. The van der Waals surface area contributed by atoms with Crippen molar-refractivity contribution in [3.8, 4) is 0 Å². The van der Waals surface area contributed by atoms with E-state index in [-0.39, 0.29) is 18.0 Å². The molecule has 1 aromatic rings. The van der Waals surface area contributed by atoms with E-state index in [1.807, 2.05) is 0 Å². The number of anilines is 1. The first kappa shape index (κ1) is 13.5. The number of rotatable bonds is 4. The maximum atomic E-state index is 11.5. The minimum Gasteiger partial charge on any atom is -0.478 e. The summed E-state index contributed by atoms with van der Waals surface area (Å²) < 4.78 is 0. The first-order chi connectivity index (χ1) is 7.90. The van der Waals surface area contributed by atoms with E-state index in [4.69, 9.17) is 16.7 Å². The standard InChI is InChI=1S/C11H13ClN2O3/c1-14(2)6-10(15)13-9-5-7(11(16)17)3-4-8(9)12/h3-5H,6H2,1-2H3,(H,13,15)(H,16,17). The van der Waals surface area contributed by atoms with Crippen LogP contribution in [0, 0.1) is 0 Å². The Morgan fingerprint density at radius 3 is 2.59 bits per heavy atom.